The molecule has 5 aromatic rings. The minimum absolute atomic E-state index is 0.0235. The molecule has 3 aromatic carbocycles. The van der Waals surface area contributed by atoms with Crippen LogP contribution in [0.3, 0.4) is 0 Å². The third kappa shape index (κ3) is 4.77. The van der Waals surface area contributed by atoms with E-state index in [0.29, 0.717) is 21.2 Å². The van der Waals surface area contributed by atoms with Gasteiger partial charge in [-0.15, -0.1) is 0 Å². The van der Waals surface area contributed by atoms with Crippen LogP contribution in [0, 0.1) is 20.2 Å². The summed E-state index contributed by atoms with van der Waals surface area (Å²) in [6.07, 6.45) is 2.29. The van der Waals surface area contributed by atoms with E-state index in [4.69, 9.17) is 4.42 Å². The predicted molar refractivity (Wildman–Crippen MR) is 144 cm³/mol. The summed E-state index contributed by atoms with van der Waals surface area (Å²) < 4.78 is 6.95. The fraction of sp³-hybridized carbons (Fsp3) is 0. The Labute approximate surface area is 223 Å². The number of hydrogen-bond donors (Lipinski definition) is 0. The van der Waals surface area contributed by atoms with Crippen molar-refractivity contribution in [1.29, 1.82) is 0 Å². The summed E-state index contributed by atoms with van der Waals surface area (Å²) in [5, 5.41) is 28.1. The second kappa shape index (κ2) is 9.91. The van der Waals surface area contributed by atoms with Crippen LogP contribution in [-0.4, -0.2) is 27.0 Å². The number of nitro benzene ring substituents is 2. The third-order valence-corrected chi connectivity index (χ3v) is 6.79. The van der Waals surface area contributed by atoms with Crippen molar-refractivity contribution >= 4 is 77.1 Å². The smallest absolute Gasteiger partial charge is 0.281 e. The number of non-ortho nitro benzene ring substituents is 2. The molecule has 0 saturated carbocycles. The Balaban J connectivity index is 1.65. The number of thiazole rings is 1. The zero-order chi connectivity index (χ0) is 27.0. The number of aromatic nitrogens is 1. The van der Waals surface area contributed by atoms with Crippen molar-refractivity contribution in [3.8, 4) is 0 Å². The molecule has 14 heteroatoms. The van der Waals surface area contributed by atoms with Gasteiger partial charge in [-0.3, -0.25) is 29.8 Å². The van der Waals surface area contributed by atoms with E-state index >= 15 is 0 Å². The monoisotopic (exact) mass is 593 g/mol. The summed E-state index contributed by atoms with van der Waals surface area (Å²) >= 11 is 4.46. The van der Waals surface area contributed by atoms with Gasteiger partial charge in [-0.1, -0.05) is 39.4 Å². The average Bonchev–Trinajstić information content (AvgIpc) is 3.32. The van der Waals surface area contributed by atoms with Gasteiger partial charge in [0, 0.05) is 16.6 Å². The van der Waals surface area contributed by atoms with Crippen molar-refractivity contribution in [2.24, 2.45) is 5.10 Å². The van der Waals surface area contributed by atoms with E-state index in [9.17, 15) is 29.8 Å². The number of para-hydroxylation sites is 1. The topological polar surface area (TPSA) is 162 Å². The second-order valence-corrected chi connectivity index (χ2v) is 9.66. The Kier molecular flexibility index (Phi) is 6.48. The molecule has 0 fully saturated rings. The maximum absolute atomic E-state index is 13.6. The number of hydrogen-bond acceptors (Lipinski definition) is 10. The van der Waals surface area contributed by atoms with Crippen LogP contribution < -0.4 is 10.4 Å². The molecule has 2 aromatic heterocycles. The molecule has 0 unspecified atom stereocenters. The van der Waals surface area contributed by atoms with Gasteiger partial charge in [0.15, 0.2) is 0 Å². The average molecular weight is 594 g/mol. The molecule has 0 aliphatic heterocycles. The quantitative estimate of drug-likeness (QED) is 0.138. The van der Waals surface area contributed by atoms with Crippen LogP contribution in [0.15, 0.2) is 85.7 Å². The fourth-order valence-corrected chi connectivity index (χ4v) is 4.99. The minimum atomic E-state index is -0.934. The summed E-state index contributed by atoms with van der Waals surface area (Å²) in [5.41, 5.74) is -1.13. The Morgan fingerprint density at radius 3 is 2.47 bits per heavy atom. The number of fused-ring (bicyclic) bond motifs is 2. The first-order valence-corrected chi connectivity index (χ1v) is 12.2. The molecule has 0 radical (unpaired) electrons. The van der Waals surface area contributed by atoms with E-state index in [0.717, 1.165) is 45.2 Å². The first-order valence-electron chi connectivity index (χ1n) is 10.6. The Morgan fingerprint density at radius 2 is 1.76 bits per heavy atom. The molecule has 38 heavy (non-hydrogen) atoms. The zero-order valence-electron chi connectivity index (χ0n) is 18.8. The van der Waals surface area contributed by atoms with Crippen molar-refractivity contribution in [3.05, 3.63) is 113 Å². The molecule has 2 heterocycles. The lowest BCUT2D eigenvalue weighted by atomic mass is 10.1. The number of nitrogens with zero attached hydrogens (tertiary/aromatic N) is 5. The zero-order valence-corrected chi connectivity index (χ0v) is 21.2. The first kappa shape index (κ1) is 24.9. The molecule has 0 bridgehead atoms. The number of benzene rings is 3. The molecule has 0 aliphatic carbocycles. The second-order valence-electron chi connectivity index (χ2n) is 7.74. The number of halogens is 1. The number of nitro groups is 2. The third-order valence-electron chi connectivity index (χ3n) is 5.30. The van der Waals surface area contributed by atoms with Crippen LogP contribution in [0.2, 0.25) is 0 Å². The molecular formula is C24H12BrN5O7S. The number of rotatable bonds is 6. The predicted octanol–water partition coefficient (Wildman–Crippen LogP) is 5.66. The largest absolute Gasteiger partial charge is 0.463 e. The van der Waals surface area contributed by atoms with Crippen LogP contribution in [0.25, 0.3) is 21.2 Å². The SMILES string of the molecule is O=C(c1cc([N+](=O)[O-])cc([N+](=O)[O-])c1)N(/N=C/c1coc2ccccc2c1=O)c1nc2ccc(Br)cc2s1. The highest BCUT2D eigenvalue weighted by molar-refractivity contribution is 9.10. The number of carbonyl (C=O) groups excluding carboxylic acids is 1. The summed E-state index contributed by atoms with van der Waals surface area (Å²) in [7, 11) is 0. The molecule has 1 amide bonds. The van der Waals surface area contributed by atoms with Gasteiger partial charge < -0.3 is 4.42 Å². The lowest BCUT2D eigenvalue weighted by molar-refractivity contribution is -0.394. The standard InChI is InChI=1S/C24H12BrN5O7S/c25-15-5-6-19-21(9-15)38-24(27-19)28(23(32)13-7-16(29(33)34)10-17(8-13)30(35)36)26-11-14-12-37-20-4-2-1-3-18(20)22(14)31/h1-12H/b26-11+. The molecular weight excluding hydrogens is 582 g/mol. The first-order chi connectivity index (χ1) is 18.2. The van der Waals surface area contributed by atoms with Gasteiger partial charge in [0.05, 0.1) is 48.9 Å². The minimum Gasteiger partial charge on any atom is -0.463 e. The molecule has 0 atom stereocenters. The number of hydrazone groups is 1. The summed E-state index contributed by atoms with van der Waals surface area (Å²) in [5.74, 6) is -0.934. The number of anilines is 1. The van der Waals surface area contributed by atoms with Crippen LogP contribution >= 0.6 is 27.3 Å². The molecule has 12 nitrogen and oxygen atoms in total. The van der Waals surface area contributed by atoms with Gasteiger partial charge in [0.25, 0.3) is 17.3 Å². The van der Waals surface area contributed by atoms with E-state index in [-0.39, 0.29) is 16.3 Å². The maximum Gasteiger partial charge on any atom is 0.281 e. The molecule has 0 saturated heterocycles. The highest BCUT2D eigenvalue weighted by Gasteiger charge is 2.26. The number of amides is 1. The van der Waals surface area contributed by atoms with E-state index in [1.165, 1.54) is 6.26 Å². The Hall–Kier alpha value is -4.82. The van der Waals surface area contributed by atoms with Crippen LogP contribution in [0.4, 0.5) is 16.5 Å². The van der Waals surface area contributed by atoms with Crippen LogP contribution in [0.5, 0.6) is 0 Å². The summed E-state index contributed by atoms with van der Waals surface area (Å²) in [6.45, 7) is 0. The molecule has 0 aliphatic rings. The van der Waals surface area contributed by atoms with Crippen LogP contribution in [0.1, 0.15) is 15.9 Å². The molecule has 5 rings (SSSR count). The number of carbonyl (C=O) groups is 1. The fourth-order valence-electron chi connectivity index (χ4n) is 3.52. The molecule has 0 spiro atoms. The van der Waals surface area contributed by atoms with Crippen molar-refractivity contribution < 1.29 is 19.1 Å². The lowest BCUT2D eigenvalue weighted by Crippen LogP contribution is -2.26. The highest BCUT2D eigenvalue weighted by Crippen LogP contribution is 2.33. The Morgan fingerprint density at radius 1 is 1.05 bits per heavy atom. The summed E-state index contributed by atoms with van der Waals surface area (Å²) in [6, 6.07) is 14.4. The van der Waals surface area contributed by atoms with Crippen molar-refractivity contribution in [3.63, 3.8) is 0 Å². The van der Waals surface area contributed by atoms with Gasteiger partial charge >= 0.3 is 0 Å². The van der Waals surface area contributed by atoms with E-state index in [1.807, 2.05) is 0 Å². The van der Waals surface area contributed by atoms with Crippen molar-refractivity contribution in [1.82, 2.24) is 4.98 Å². The summed E-state index contributed by atoms with van der Waals surface area (Å²) in [4.78, 5) is 52.0. The van der Waals surface area contributed by atoms with E-state index in [2.05, 4.69) is 26.0 Å². The molecule has 0 N–H and O–H groups in total. The van der Waals surface area contributed by atoms with E-state index in [1.54, 1.807) is 42.5 Å². The van der Waals surface area contributed by atoms with Gasteiger partial charge in [0.2, 0.25) is 10.6 Å². The highest BCUT2D eigenvalue weighted by atomic mass is 79.9. The molecule has 188 valence electrons. The Bertz CT molecular complexity index is 1830. The van der Waals surface area contributed by atoms with Crippen molar-refractivity contribution in [2.45, 2.75) is 0 Å². The maximum atomic E-state index is 13.6. The van der Waals surface area contributed by atoms with Gasteiger partial charge in [-0.2, -0.15) is 10.1 Å². The van der Waals surface area contributed by atoms with Gasteiger partial charge in [-0.25, -0.2) is 4.98 Å². The van der Waals surface area contributed by atoms with E-state index < -0.39 is 32.6 Å². The van der Waals surface area contributed by atoms with Gasteiger partial charge in [-0.05, 0) is 30.3 Å². The van der Waals surface area contributed by atoms with Gasteiger partial charge in [0.1, 0.15) is 11.8 Å². The van der Waals surface area contributed by atoms with Crippen molar-refractivity contribution in [2.75, 3.05) is 5.01 Å². The lowest BCUT2D eigenvalue weighted by Gasteiger charge is -2.13. The van der Waals surface area contributed by atoms with Crippen LogP contribution in [-0.2, 0) is 0 Å². The normalized spacial score (nSPS) is 11.3.